The van der Waals surface area contributed by atoms with Crippen molar-refractivity contribution >= 4 is 34.9 Å². The number of halogens is 1. The van der Waals surface area contributed by atoms with Crippen molar-refractivity contribution in [3.63, 3.8) is 0 Å². The Balaban J connectivity index is 2.08. The Morgan fingerprint density at radius 1 is 1.21 bits per heavy atom. The van der Waals surface area contributed by atoms with E-state index in [1.165, 1.54) is 12.1 Å². The fourth-order valence-corrected chi connectivity index (χ4v) is 3.62. The maximum atomic E-state index is 12.7. The molecule has 0 aliphatic heterocycles. The van der Waals surface area contributed by atoms with Crippen LogP contribution in [0.25, 0.3) is 0 Å². The number of rotatable bonds is 11. The molecule has 0 spiro atoms. The molecule has 0 bridgehead atoms. The summed E-state index contributed by atoms with van der Waals surface area (Å²) in [6, 6.07) is 4.25. The summed E-state index contributed by atoms with van der Waals surface area (Å²) < 4.78 is 12.3. The van der Waals surface area contributed by atoms with Gasteiger partial charge >= 0.3 is 5.97 Å². The summed E-state index contributed by atoms with van der Waals surface area (Å²) in [7, 11) is 1.60. The van der Waals surface area contributed by atoms with Crippen LogP contribution in [0, 0.1) is 29.9 Å². The molecule has 1 aromatic carbocycles. The number of hydrogen-bond donors (Lipinski definition) is 1. The second-order valence-corrected chi connectivity index (χ2v) is 8.49. The highest BCUT2D eigenvalue weighted by atomic mass is 35.5. The quantitative estimate of drug-likeness (QED) is 0.219. The Labute approximate surface area is 202 Å². The van der Waals surface area contributed by atoms with E-state index in [0.29, 0.717) is 18.7 Å². The minimum absolute atomic E-state index is 0.0332. The number of amides is 1. The fourth-order valence-electron chi connectivity index (χ4n) is 3.43. The van der Waals surface area contributed by atoms with Crippen LogP contribution < -0.4 is 5.32 Å². The minimum atomic E-state index is -1.07. The molecule has 1 aromatic heterocycles. The first-order valence-corrected chi connectivity index (χ1v) is 11.0. The number of nitrogens with one attached hydrogen (secondary N) is 1. The Hall–Kier alpha value is -3.24. The number of methoxy groups -OCH3 is 1. The molecule has 10 nitrogen and oxygen atoms in total. The van der Waals surface area contributed by atoms with Gasteiger partial charge in [-0.1, -0.05) is 25.4 Å². The lowest BCUT2D eigenvalue weighted by molar-refractivity contribution is -0.384. The molecule has 1 atom stereocenters. The molecule has 0 aliphatic carbocycles. The van der Waals surface area contributed by atoms with Crippen molar-refractivity contribution in [1.29, 1.82) is 0 Å². The first kappa shape index (κ1) is 27.0. The molecule has 0 saturated carbocycles. The molecule has 1 N–H and O–H groups in total. The van der Waals surface area contributed by atoms with Gasteiger partial charge in [0.15, 0.2) is 6.61 Å². The Morgan fingerprint density at radius 2 is 1.88 bits per heavy atom. The van der Waals surface area contributed by atoms with Gasteiger partial charge in [-0.05, 0) is 38.0 Å². The third-order valence-corrected chi connectivity index (χ3v) is 5.67. The number of ketones is 1. The standard InChI is InChI=1S/C23H28ClN3O7/c1-13(2)21(25-22(29)16-6-7-18(24)19(11-16)27(31)32)23(30)34-12-20(28)17-10-14(3)26(15(17)4)8-9-33-5/h6-7,10-11,13,21H,8-9,12H2,1-5H3,(H,25,29). The second-order valence-electron chi connectivity index (χ2n) is 8.08. The van der Waals surface area contributed by atoms with Gasteiger partial charge in [0, 0.05) is 42.2 Å². The van der Waals surface area contributed by atoms with E-state index in [9.17, 15) is 24.5 Å². The highest BCUT2D eigenvalue weighted by Crippen LogP contribution is 2.25. The summed E-state index contributed by atoms with van der Waals surface area (Å²) in [4.78, 5) is 48.4. The molecule has 2 aromatic rings. The van der Waals surface area contributed by atoms with Crippen molar-refractivity contribution in [1.82, 2.24) is 9.88 Å². The monoisotopic (exact) mass is 493 g/mol. The van der Waals surface area contributed by atoms with Crippen molar-refractivity contribution in [2.75, 3.05) is 20.3 Å². The van der Waals surface area contributed by atoms with Crippen LogP contribution >= 0.6 is 11.6 Å². The highest BCUT2D eigenvalue weighted by Gasteiger charge is 2.28. The molecule has 2 rings (SSSR count). The number of nitro groups is 1. The summed E-state index contributed by atoms with van der Waals surface area (Å²) in [5, 5.41) is 13.5. The maximum Gasteiger partial charge on any atom is 0.329 e. The van der Waals surface area contributed by atoms with E-state index in [-0.39, 0.29) is 22.3 Å². The topological polar surface area (TPSA) is 130 Å². The van der Waals surface area contributed by atoms with Gasteiger partial charge in [-0.25, -0.2) is 4.79 Å². The van der Waals surface area contributed by atoms with Crippen LogP contribution in [0.5, 0.6) is 0 Å². The Bertz CT molecular complexity index is 1090. The zero-order valence-electron chi connectivity index (χ0n) is 19.7. The smallest absolute Gasteiger partial charge is 0.329 e. The minimum Gasteiger partial charge on any atom is -0.456 e. The van der Waals surface area contributed by atoms with E-state index >= 15 is 0 Å². The summed E-state index contributed by atoms with van der Waals surface area (Å²) in [6.07, 6.45) is 0. The first-order chi connectivity index (χ1) is 16.0. The second kappa shape index (κ2) is 11.8. The average Bonchev–Trinajstić information content (AvgIpc) is 3.07. The molecule has 11 heteroatoms. The van der Waals surface area contributed by atoms with E-state index in [0.717, 1.165) is 17.5 Å². The number of nitrogens with zero attached hydrogens (tertiary/aromatic N) is 2. The van der Waals surface area contributed by atoms with Crippen molar-refractivity contribution in [2.45, 2.75) is 40.3 Å². The molecule has 1 heterocycles. The lowest BCUT2D eigenvalue weighted by Gasteiger charge is -2.20. The average molecular weight is 494 g/mol. The third kappa shape index (κ3) is 6.42. The predicted octanol–water partition coefficient (Wildman–Crippen LogP) is 3.49. The van der Waals surface area contributed by atoms with Gasteiger partial charge < -0.3 is 19.4 Å². The molecule has 1 amide bonds. The van der Waals surface area contributed by atoms with Gasteiger partial charge in [-0.15, -0.1) is 0 Å². The molecular weight excluding hydrogens is 466 g/mol. The molecule has 0 aliphatic rings. The number of esters is 1. The molecule has 0 fully saturated rings. The molecule has 34 heavy (non-hydrogen) atoms. The van der Waals surface area contributed by atoms with Crippen LogP contribution in [-0.2, 0) is 20.8 Å². The molecule has 0 saturated heterocycles. The van der Waals surface area contributed by atoms with E-state index < -0.39 is 35.1 Å². The molecule has 1 unspecified atom stereocenters. The van der Waals surface area contributed by atoms with Crippen LogP contribution in [-0.4, -0.2) is 53.5 Å². The maximum absolute atomic E-state index is 12.7. The largest absolute Gasteiger partial charge is 0.456 e. The predicted molar refractivity (Wildman–Crippen MR) is 125 cm³/mol. The number of carbonyl (C=O) groups is 3. The molecular formula is C23H28ClN3O7. The zero-order chi connectivity index (χ0) is 25.6. The van der Waals surface area contributed by atoms with Crippen molar-refractivity contribution in [3.05, 3.63) is 61.9 Å². The molecule has 184 valence electrons. The van der Waals surface area contributed by atoms with Crippen molar-refractivity contribution in [2.24, 2.45) is 5.92 Å². The summed E-state index contributed by atoms with van der Waals surface area (Å²) in [5.41, 5.74) is 1.61. The SMILES string of the molecule is COCCn1c(C)cc(C(=O)COC(=O)C(NC(=O)c2ccc(Cl)c([N+](=O)[O-])c2)C(C)C)c1C. The van der Waals surface area contributed by atoms with Gasteiger partial charge in [0.2, 0.25) is 5.78 Å². The zero-order valence-corrected chi connectivity index (χ0v) is 20.5. The van der Waals surface area contributed by atoms with E-state index in [4.69, 9.17) is 21.1 Å². The fraction of sp³-hybridized carbons (Fsp3) is 0.435. The number of aromatic nitrogens is 1. The number of carbonyl (C=O) groups excluding carboxylic acids is 3. The normalized spacial score (nSPS) is 11.9. The van der Waals surface area contributed by atoms with Gasteiger partial charge in [-0.2, -0.15) is 0 Å². The van der Waals surface area contributed by atoms with Crippen LogP contribution in [0.1, 0.15) is 46.0 Å². The van der Waals surface area contributed by atoms with Crippen molar-refractivity contribution < 1.29 is 28.8 Å². The number of Topliss-reactive ketones (excluding diaryl/α,β-unsaturated/α-hetero) is 1. The van der Waals surface area contributed by atoms with Crippen molar-refractivity contribution in [3.8, 4) is 0 Å². The number of benzene rings is 1. The van der Waals surface area contributed by atoms with Gasteiger partial charge in [0.1, 0.15) is 11.1 Å². The van der Waals surface area contributed by atoms with Crippen LogP contribution in [0.3, 0.4) is 0 Å². The summed E-state index contributed by atoms with van der Waals surface area (Å²) in [6.45, 7) is 7.66. The Morgan fingerprint density at radius 3 is 2.47 bits per heavy atom. The van der Waals surface area contributed by atoms with Gasteiger partial charge in [-0.3, -0.25) is 19.7 Å². The first-order valence-electron chi connectivity index (χ1n) is 10.6. The highest BCUT2D eigenvalue weighted by molar-refractivity contribution is 6.32. The lowest BCUT2D eigenvalue weighted by atomic mass is 10.0. The number of hydrogen-bond acceptors (Lipinski definition) is 7. The van der Waals surface area contributed by atoms with E-state index in [1.54, 1.807) is 33.9 Å². The van der Waals surface area contributed by atoms with Crippen LogP contribution in [0.2, 0.25) is 5.02 Å². The van der Waals surface area contributed by atoms with E-state index in [2.05, 4.69) is 5.32 Å². The number of nitro benzene ring substituents is 1. The third-order valence-electron chi connectivity index (χ3n) is 5.35. The number of ether oxygens (including phenoxy) is 2. The Kier molecular flexibility index (Phi) is 9.34. The van der Waals surface area contributed by atoms with Crippen LogP contribution in [0.15, 0.2) is 24.3 Å². The summed E-state index contributed by atoms with van der Waals surface area (Å²) in [5.74, 6) is -2.22. The van der Waals surface area contributed by atoms with E-state index in [1.807, 2.05) is 11.5 Å². The summed E-state index contributed by atoms with van der Waals surface area (Å²) >= 11 is 5.78. The van der Waals surface area contributed by atoms with Gasteiger partial charge in [0.05, 0.1) is 11.5 Å². The lowest BCUT2D eigenvalue weighted by Crippen LogP contribution is -2.45. The van der Waals surface area contributed by atoms with Crippen LogP contribution in [0.4, 0.5) is 5.69 Å². The number of aryl methyl sites for hydroxylation is 1. The molecule has 0 radical (unpaired) electrons. The van der Waals surface area contributed by atoms with Gasteiger partial charge in [0.25, 0.3) is 11.6 Å².